The summed E-state index contributed by atoms with van der Waals surface area (Å²) in [5.74, 6) is 2.36. The minimum Gasteiger partial charge on any atom is -0.383 e. The lowest BCUT2D eigenvalue weighted by Crippen LogP contribution is -2.50. The lowest BCUT2D eigenvalue weighted by Gasteiger charge is -2.33. The molecule has 2 fully saturated rings. The number of nitrogens with zero attached hydrogens (tertiary/aromatic N) is 2. The van der Waals surface area contributed by atoms with Crippen LogP contribution in [-0.2, 0) is 9.47 Å². The Bertz CT molecular complexity index is 932. The second kappa shape index (κ2) is 12.8. The number of hydrogen-bond donors (Lipinski definition) is 4. The maximum absolute atomic E-state index is 6.54. The molecule has 1 saturated heterocycles. The van der Waals surface area contributed by atoms with Crippen molar-refractivity contribution in [1.29, 1.82) is 0 Å². The highest BCUT2D eigenvalue weighted by Gasteiger charge is 2.28. The van der Waals surface area contributed by atoms with Gasteiger partial charge in [-0.25, -0.2) is 9.97 Å². The molecule has 2 aromatic rings. The first-order valence-electron chi connectivity index (χ1n) is 12.7. The molecular weight excluding hydrogens is 464 g/mol. The van der Waals surface area contributed by atoms with Crippen molar-refractivity contribution in [3.05, 3.63) is 35.5 Å². The van der Waals surface area contributed by atoms with E-state index in [1.807, 2.05) is 24.3 Å². The van der Waals surface area contributed by atoms with Gasteiger partial charge in [0, 0.05) is 56.8 Å². The van der Waals surface area contributed by atoms with Crippen LogP contribution in [0.2, 0.25) is 5.02 Å². The van der Waals surface area contributed by atoms with Crippen LogP contribution >= 0.6 is 11.6 Å². The van der Waals surface area contributed by atoms with Crippen LogP contribution in [0.15, 0.2) is 30.5 Å². The van der Waals surface area contributed by atoms with Crippen LogP contribution < -0.4 is 21.7 Å². The summed E-state index contributed by atoms with van der Waals surface area (Å²) < 4.78 is 10.6. The number of nitrogens with one attached hydrogen (secondary N) is 3. The molecule has 0 radical (unpaired) electrons. The number of ether oxygens (including phenoxy) is 2. The predicted octanol–water partition coefficient (Wildman–Crippen LogP) is 3.92. The molecule has 1 saturated carbocycles. The van der Waals surface area contributed by atoms with Crippen molar-refractivity contribution in [2.45, 2.75) is 50.1 Å². The van der Waals surface area contributed by atoms with E-state index in [9.17, 15) is 0 Å². The quantitative estimate of drug-likeness (QED) is 0.342. The summed E-state index contributed by atoms with van der Waals surface area (Å²) in [7, 11) is 1.74. The largest absolute Gasteiger partial charge is 0.383 e. The molecule has 0 amide bonds. The van der Waals surface area contributed by atoms with E-state index in [2.05, 4.69) is 20.9 Å². The Labute approximate surface area is 213 Å². The molecule has 0 spiro atoms. The van der Waals surface area contributed by atoms with Gasteiger partial charge in [-0.2, -0.15) is 0 Å². The molecule has 0 unspecified atom stereocenters. The van der Waals surface area contributed by atoms with Gasteiger partial charge in [0.15, 0.2) is 0 Å². The molecule has 1 aliphatic heterocycles. The fourth-order valence-corrected chi connectivity index (χ4v) is 5.02. The van der Waals surface area contributed by atoms with Crippen LogP contribution in [-0.4, -0.2) is 68.1 Å². The van der Waals surface area contributed by atoms with E-state index >= 15 is 0 Å². The van der Waals surface area contributed by atoms with E-state index in [4.69, 9.17) is 31.8 Å². The molecule has 4 rings (SSSR count). The molecule has 8 nitrogen and oxygen atoms in total. The molecule has 3 heterocycles. The van der Waals surface area contributed by atoms with Gasteiger partial charge in [-0.05, 0) is 69.2 Å². The first-order chi connectivity index (χ1) is 17.0. The summed E-state index contributed by atoms with van der Waals surface area (Å²) in [6, 6.07) is 8.36. The van der Waals surface area contributed by atoms with Gasteiger partial charge in [-0.1, -0.05) is 17.7 Å². The molecule has 5 N–H and O–H groups in total. The van der Waals surface area contributed by atoms with Crippen LogP contribution in [0.5, 0.6) is 0 Å². The highest BCUT2D eigenvalue weighted by molar-refractivity contribution is 6.33. The van der Waals surface area contributed by atoms with Crippen molar-refractivity contribution < 1.29 is 9.47 Å². The van der Waals surface area contributed by atoms with Crippen LogP contribution in [0.4, 0.5) is 11.6 Å². The monoisotopic (exact) mass is 502 g/mol. The minimum atomic E-state index is -0.264. The Hall–Kier alpha value is -1.97. The molecule has 1 aliphatic carbocycles. The van der Waals surface area contributed by atoms with E-state index < -0.39 is 0 Å². The number of pyridine rings is 2. The van der Waals surface area contributed by atoms with Crippen molar-refractivity contribution in [2.75, 3.05) is 57.2 Å². The van der Waals surface area contributed by atoms with E-state index in [0.29, 0.717) is 30.8 Å². The molecular formula is C26H39ClN6O2. The maximum Gasteiger partial charge on any atom is 0.126 e. The normalized spacial score (nSPS) is 22.0. The molecule has 9 heteroatoms. The number of aromatic nitrogens is 2. The third-order valence-corrected chi connectivity index (χ3v) is 7.41. The summed E-state index contributed by atoms with van der Waals surface area (Å²) in [4.78, 5) is 9.34. The SMILES string of the molecule is COCCNC[C@H]1CC[C@H](Nc2cc(-c3cccc(NCC4(N)CCOCC4)n3)c(Cl)cn2)CC1. The average molecular weight is 503 g/mol. The second-order valence-electron chi connectivity index (χ2n) is 9.84. The number of anilines is 2. The fraction of sp³-hybridized carbons (Fsp3) is 0.615. The molecule has 35 heavy (non-hydrogen) atoms. The van der Waals surface area contributed by atoms with E-state index in [1.54, 1.807) is 13.3 Å². The molecule has 192 valence electrons. The van der Waals surface area contributed by atoms with Crippen molar-refractivity contribution in [2.24, 2.45) is 11.7 Å². The van der Waals surface area contributed by atoms with Crippen LogP contribution in [0.3, 0.4) is 0 Å². The minimum absolute atomic E-state index is 0.264. The Kier molecular flexibility index (Phi) is 9.57. The zero-order chi connectivity index (χ0) is 24.5. The first-order valence-corrected chi connectivity index (χ1v) is 13.1. The molecule has 0 bridgehead atoms. The zero-order valence-corrected chi connectivity index (χ0v) is 21.4. The fourth-order valence-electron chi connectivity index (χ4n) is 4.82. The lowest BCUT2D eigenvalue weighted by molar-refractivity contribution is 0.0574. The average Bonchev–Trinajstić information content (AvgIpc) is 2.88. The van der Waals surface area contributed by atoms with Crippen LogP contribution in [0.1, 0.15) is 38.5 Å². The van der Waals surface area contributed by atoms with Gasteiger partial charge in [0.05, 0.1) is 17.3 Å². The third-order valence-electron chi connectivity index (χ3n) is 7.11. The van der Waals surface area contributed by atoms with Crippen molar-refractivity contribution in [3.63, 3.8) is 0 Å². The number of rotatable bonds is 11. The Morgan fingerprint density at radius 2 is 1.97 bits per heavy atom. The van der Waals surface area contributed by atoms with Crippen LogP contribution in [0.25, 0.3) is 11.3 Å². The van der Waals surface area contributed by atoms with Gasteiger partial charge in [0.25, 0.3) is 0 Å². The summed E-state index contributed by atoms with van der Waals surface area (Å²) in [6.45, 7) is 4.82. The summed E-state index contributed by atoms with van der Waals surface area (Å²) >= 11 is 6.54. The van der Waals surface area contributed by atoms with Gasteiger partial charge >= 0.3 is 0 Å². The maximum atomic E-state index is 6.54. The standard InChI is InChI=1S/C26H39ClN6O2/c1-34-14-11-29-16-19-5-7-20(8-6-19)32-25-15-21(22(27)17-30-25)23-3-2-4-24(33-23)31-18-26(28)9-12-35-13-10-26/h2-4,15,17,19-20,29H,5-14,16,18,28H2,1H3,(H,30,32)(H,31,33)/t19-,20-. The summed E-state index contributed by atoms with van der Waals surface area (Å²) in [6.07, 6.45) is 8.10. The number of methoxy groups -OCH3 is 1. The Morgan fingerprint density at radius 3 is 2.74 bits per heavy atom. The predicted molar refractivity (Wildman–Crippen MR) is 142 cm³/mol. The third kappa shape index (κ3) is 7.75. The lowest BCUT2D eigenvalue weighted by atomic mass is 9.86. The number of nitrogens with two attached hydrogens (primary N) is 1. The van der Waals surface area contributed by atoms with Crippen molar-refractivity contribution in [1.82, 2.24) is 15.3 Å². The van der Waals surface area contributed by atoms with Gasteiger partial charge < -0.3 is 31.2 Å². The van der Waals surface area contributed by atoms with E-state index in [1.165, 1.54) is 12.8 Å². The molecule has 2 aromatic heterocycles. The Morgan fingerprint density at radius 1 is 1.17 bits per heavy atom. The highest BCUT2D eigenvalue weighted by atomic mass is 35.5. The molecule has 0 atom stereocenters. The van der Waals surface area contributed by atoms with Crippen molar-refractivity contribution in [3.8, 4) is 11.3 Å². The summed E-state index contributed by atoms with van der Waals surface area (Å²) in [5, 5.41) is 11.1. The van der Waals surface area contributed by atoms with Gasteiger partial charge in [0.1, 0.15) is 11.6 Å². The van der Waals surface area contributed by atoms with E-state index in [0.717, 1.165) is 74.2 Å². The van der Waals surface area contributed by atoms with Crippen LogP contribution in [0, 0.1) is 5.92 Å². The topological polar surface area (TPSA) is 106 Å². The molecule has 2 aliphatic rings. The first kappa shape index (κ1) is 26.1. The number of halogens is 1. The highest BCUT2D eigenvalue weighted by Crippen LogP contribution is 2.31. The van der Waals surface area contributed by atoms with E-state index in [-0.39, 0.29) is 5.54 Å². The van der Waals surface area contributed by atoms with Gasteiger partial charge in [-0.3, -0.25) is 0 Å². The van der Waals surface area contributed by atoms with Gasteiger partial charge in [-0.15, -0.1) is 0 Å². The van der Waals surface area contributed by atoms with Gasteiger partial charge in [0.2, 0.25) is 0 Å². The second-order valence-corrected chi connectivity index (χ2v) is 10.3. The summed E-state index contributed by atoms with van der Waals surface area (Å²) in [5.41, 5.74) is 7.94. The van der Waals surface area contributed by atoms with Crippen molar-refractivity contribution >= 4 is 23.2 Å². The molecule has 0 aromatic carbocycles. The zero-order valence-electron chi connectivity index (χ0n) is 20.7. The Balaban J connectivity index is 1.33. The smallest absolute Gasteiger partial charge is 0.126 e. The number of hydrogen-bond acceptors (Lipinski definition) is 8.